The Bertz CT molecular complexity index is 722. The molecule has 0 aliphatic carbocycles. The standard InChI is InChI=1S/C8H13NO.C7H14O3.C7H12O.C6H10O.C5H7N/c1-7-3-5-9(6-4-7)8(2)10;1-2-4-9-6-7-10-5-3-8;1-2-7-3-5-8-6-4-7;1-6-2-4-7-5-3-6;1-2-3-4-5-6/h1,3-6H2,2H3;2,8H,1,3-7H2;2,7H,1,3-6H2;1-5H2;2H,1,3-4H2. The van der Waals surface area contributed by atoms with Crippen LogP contribution in [0.4, 0.5) is 0 Å². The molecule has 0 aromatic carbocycles. The van der Waals surface area contributed by atoms with Crippen LogP contribution in [0.1, 0.15) is 58.3 Å². The smallest absolute Gasteiger partial charge is 0.219 e. The van der Waals surface area contributed by atoms with Crippen molar-refractivity contribution in [1.29, 1.82) is 5.26 Å². The van der Waals surface area contributed by atoms with E-state index in [4.69, 9.17) is 29.3 Å². The first kappa shape index (κ1) is 40.6. The molecule has 234 valence electrons. The second kappa shape index (κ2) is 32.0. The molecule has 3 saturated heterocycles. The van der Waals surface area contributed by atoms with Gasteiger partial charge in [0.2, 0.25) is 5.91 Å². The van der Waals surface area contributed by atoms with Crippen molar-refractivity contribution in [2.24, 2.45) is 5.92 Å². The van der Waals surface area contributed by atoms with E-state index >= 15 is 0 Å². The number of aliphatic hydroxyl groups is 1. The Morgan fingerprint density at radius 3 is 1.90 bits per heavy atom. The zero-order valence-electron chi connectivity index (χ0n) is 25.7. The van der Waals surface area contributed by atoms with Crippen LogP contribution in [-0.2, 0) is 23.7 Å². The van der Waals surface area contributed by atoms with E-state index in [1.165, 1.54) is 24.0 Å². The van der Waals surface area contributed by atoms with E-state index in [1.807, 2.05) is 17.0 Å². The average molecular weight is 577 g/mol. The van der Waals surface area contributed by atoms with Crippen LogP contribution in [-0.4, -0.2) is 88.5 Å². The number of carbonyl (C=O) groups excluding carboxylic acids is 1. The highest BCUT2D eigenvalue weighted by Gasteiger charge is 2.13. The van der Waals surface area contributed by atoms with Crippen LogP contribution in [0.5, 0.6) is 0 Å². The third-order valence-electron chi connectivity index (χ3n) is 6.02. The molecule has 41 heavy (non-hydrogen) atoms. The molecular weight excluding hydrogens is 520 g/mol. The molecule has 3 aliphatic rings. The Morgan fingerprint density at radius 2 is 1.51 bits per heavy atom. The number of piperidine rings is 1. The van der Waals surface area contributed by atoms with Gasteiger partial charge in [-0.2, -0.15) is 5.26 Å². The number of hydrogen-bond acceptors (Lipinski definition) is 7. The van der Waals surface area contributed by atoms with E-state index < -0.39 is 0 Å². The molecule has 8 nitrogen and oxygen atoms in total. The van der Waals surface area contributed by atoms with Crippen molar-refractivity contribution in [3.63, 3.8) is 0 Å². The Kier molecular flexibility index (Phi) is 31.7. The third kappa shape index (κ3) is 30.3. The second-order valence-electron chi connectivity index (χ2n) is 9.49. The van der Waals surface area contributed by atoms with Crippen molar-refractivity contribution in [3.8, 4) is 6.07 Å². The summed E-state index contributed by atoms with van der Waals surface area (Å²) in [5.41, 5.74) is 2.61. The largest absolute Gasteiger partial charge is 0.394 e. The van der Waals surface area contributed by atoms with E-state index in [-0.39, 0.29) is 12.5 Å². The van der Waals surface area contributed by atoms with E-state index in [9.17, 15) is 4.79 Å². The summed E-state index contributed by atoms with van der Waals surface area (Å²) in [6.07, 6.45) is 13.3. The summed E-state index contributed by atoms with van der Waals surface area (Å²) in [5, 5.41) is 16.2. The summed E-state index contributed by atoms with van der Waals surface area (Å²) in [7, 11) is 0. The molecule has 3 aliphatic heterocycles. The maximum atomic E-state index is 10.8. The number of hydrogen-bond donors (Lipinski definition) is 1. The summed E-state index contributed by atoms with van der Waals surface area (Å²) in [6, 6.07) is 2.00. The molecule has 0 aromatic rings. The monoisotopic (exact) mass is 576 g/mol. The summed E-state index contributed by atoms with van der Waals surface area (Å²) < 4.78 is 20.2. The Hall–Kier alpha value is -2.54. The van der Waals surface area contributed by atoms with Crippen LogP contribution in [0.3, 0.4) is 0 Å². The molecule has 0 unspecified atom stereocenters. The molecule has 8 heteroatoms. The Labute approximate surface area is 250 Å². The molecule has 0 bridgehead atoms. The summed E-state index contributed by atoms with van der Waals surface area (Å²) in [4.78, 5) is 12.7. The molecule has 3 rings (SSSR count). The maximum Gasteiger partial charge on any atom is 0.219 e. The quantitative estimate of drug-likeness (QED) is 0.259. The predicted molar refractivity (Wildman–Crippen MR) is 168 cm³/mol. The predicted octanol–water partition coefficient (Wildman–Crippen LogP) is 5.81. The number of nitrogens with zero attached hydrogens (tertiary/aromatic N) is 2. The molecular formula is C33H56N2O6. The molecule has 0 radical (unpaired) electrons. The lowest BCUT2D eigenvalue weighted by atomic mass is 10.0. The molecule has 0 saturated carbocycles. The average Bonchev–Trinajstić information content (AvgIpc) is 3.00. The van der Waals surface area contributed by atoms with E-state index in [0.29, 0.717) is 32.8 Å². The zero-order chi connectivity index (χ0) is 31.0. The number of nitriles is 1. The normalized spacial score (nSPS) is 16.4. The molecule has 3 fully saturated rings. The van der Waals surface area contributed by atoms with Gasteiger partial charge in [-0.25, -0.2) is 0 Å². The summed E-state index contributed by atoms with van der Waals surface area (Å²) in [5.74, 6) is 0.913. The number of amides is 1. The summed E-state index contributed by atoms with van der Waals surface area (Å²) >= 11 is 0. The van der Waals surface area contributed by atoms with Gasteiger partial charge in [0, 0.05) is 39.6 Å². The number of allylic oxidation sites excluding steroid dienone is 2. The number of ether oxygens (including phenoxy) is 4. The van der Waals surface area contributed by atoms with Gasteiger partial charge in [0.1, 0.15) is 0 Å². The number of aliphatic hydroxyl groups excluding tert-OH is 1. The first-order valence-electron chi connectivity index (χ1n) is 14.6. The van der Waals surface area contributed by atoms with Gasteiger partial charge in [-0.3, -0.25) is 4.79 Å². The number of carbonyl (C=O) groups is 1. The van der Waals surface area contributed by atoms with Crippen molar-refractivity contribution in [1.82, 2.24) is 4.90 Å². The van der Waals surface area contributed by atoms with Gasteiger partial charge in [-0.05, 0) is 50.9 Å². The minimum atomic E-state index is 0.0709. The van der Waals surface area contributed by atoms with E-state index in [1.54, 1.807) is 19.1 Å². The van der Waals surface area contributed by atoms with Crippen LogP contribution in [0, 0.1) is 17.2 Å². The first-order chi connectivity index (χ1) is 19.9. The highest BCUT2D eigenvalue weighted by molar-refractivity contribution is 5.73. The van der Waals surface area contributed by atoms with E-state index in [2.05, 4.69) is 32.9 Å². The molecule has 0 aromatic heterocycles. The molecule has 0 spiro atoms. The number of unbranched alkanes of at least 4 members (excludes halogenated alkanes) is 1. The van der Waals surface area contributed by atoms with Crippen LogP contribution in [0.2, 0.25) is 0 Å². The van der Waals surface area contributed by atoms with Gasteiger partial charge in [0.15, 0.2) is 0 Å². The van der Waals surface area contributed by atoms with Gasteiger partial charge < -0.3 is 29.0 Å². The number of rotatable bonds is 10. The molecule has 0 atom stereocenters. The second-order valence-corrected chi connectivity index (χ2v) is 9.49. The van der Waals surface area contributed by atoms with Crippen molar-refractivity contribution < 1.29 is 28.8 Å². The van der Waals surface area contributed by atoms with Crippen LogP contribution in [0.15, 0.2) is 62.3 Å². The molecule has 3 heterocycles. The van der Waals surface area contributed by atoms with Gasteiger partial charge in [-0.1, -0.05) is 42.5 Å². The van der Waals surface area contributed by atoms with E-state index in [0.717, 1.165) is 77.5 Å². The number of likely N-dealkylation sites (tertiary alicyclic amines) is 1. The Balaban J connectivity index is 0. The van der Waals surface area contributed by atoms with Gasteiger partial charge in [0.05, 0.1) is 52.3 Å². The van der Waals surface area contributed by atoms with Crippen molar-refractivity contribution >= 4 is 5.91 Å². The highest BCUT2D eigenvalue weighted by Crippen LogP contribution is 2.14. The lowest BCUT2D eigenvalue weighted by molar-refractivity contribution is -0.129. The van der Waals surface area contributed by atoms with Gasteiger partial charge >= 0.3 is 0 Å². The fourth-order valence-electron chi connectivity index (χ4n) is 3.37. The lowest BCUT2D eigenvalue weighted by Gasteiger charge is -2.26. The first-order valence-corrected chi connectivity index (χ1v) is 14.6. The molecule has 1 amide bonds. The lowest BCUT2D eigenvalue weighted by Crippen LogP contribution is -2.34. The maximum absolute atomic E-state index is 10.8. The minimum absolute atomic E-state index is 0.0709. The fourth-order valence-corrected chi connectivity index (χ4v) is 3.37. The van der Waals surface area contributed by atoms with Gasteiger partial charge in [-0.15, -0.1) is 19.7 Å². The topological polar surface area (TPSA) is 101 Å². The third-order valence-corrected chi connectivity index (χ3v) is 6.02. The van der Waals surface area contributed by atoms with Crippen molar-refractivity contribution in [2.45, 2.75) is 58.3 Å². The summed E-state index contributed by atoms with van der Waals surface area (Å²) in [6.45, 7) is 27.5. The zero-order valence-corrected chi connectivity index (χ0v) is 25.7. The minimum Gasteiger partial charge on any atom is -0.394 e. The van der Waals surface area contributed by atoms with Crippen LogP contribution >= 0.6 is 0 Å². The molecule has 1 N–H and O–H groups in total. The SMILES string of the molecule is C=C1CCN(C(C)=O)CC1.C=C1CCOCC1.C=CC1CCOCC1.C=CCCC#N.C=CCOCCOCCO. The van der Waals surface area contributed by atoms with Crippen LogP contribution < -0.4 is 0 Å². The fraction of sp³-hybridized carbons (Fsp3) is 0.636. The van der Waals surface area contributed by atoms with Crippen LogP contribution in [0.25, 0.3) is 0 Å². The Morgan fingerprint density at radius 1 is 0.951 bits per heavy atom. The van der Waals surface area contributed by atoms with Gasteiger partial charge in [0.25, 0.3) is 0 Å². The van der Waals surface area contributed by atoms with Crippen molar-refractivity contribution in [2.75, 3.05) is 72.6 Å². The van der Waals surface area contributed by atoms with Crippen molar-refractivity contribution in [3.05, 3.63) is 62.3 Å². The highest BCUT2D eigenvalue weighted by atomic mass is 16.5.